The van der Waals surface area contributed by atoms with Crippen molar-refractivity contribution in [2.24, 2.45) is 0 Å². The van der Waals surface area contributed by atoms with Gasteiger partial charge in [0.2, 0.25) is 5.88 Å². The summed E-state index contributed by atoms with van der Waals surface area (Å²) in [5.74, 6) is 1.92. The van der Waals surface area contributed by atoms with E-state index in [9.17, 15) is 0 Å². The molecule has 6 heteroatoms. The van der Waals surface area contributed by atoms with Crippen LogP contribution in [0.1, 0.15) is 29.9 Å². The molecule has 0 aromatic carbocycles. The van der Waals surface area contributed by atoms with Crippen LogP contribution in [-0.2, 0) is 6.54 Å². The Balaban J connectivity index is 1.75. The van der Waals surface area contributed by atoms with Crippen molar-refractivity contribution in [2.75, 3.05) is 18.2 Å². The van der Waals surface area contributed by atoms with Crippen LogP contribution in [0.4, 0.5) is 10.8 Å². The zero-order valence-electron chi connectivity index (χ0n) is 10.7. The molecule has 0 spiro atoms. The summed E-state index contributed by atoms with van der Waals surface area (Å²) >= 11 is 1.43. The van der Waals surface area contributed by atoms with Crippen molar-refractivity contribution >= 4 is 22.4 Å². The SMILES string of the molecule is COc1ncccc1CNc1snc(N)c1C1CC1. The number of nitrogens with one attached hydrogen (secondary N) is 1. The molecule has 3 N–H and O–H groups in total. The molecule has 5 nitrogen and oxygen atoms in total. The molecule has 2 aromatic rings. The molecular weight excluding hydrogens is 260 g/mol. The second kappa shape index (κ2) is 5.05. The summed E-state index contributed by atoms with van der Waals surface area (Å²) in [6.45, 7) is 0.665. The molecule has 2 aromatic heterocycles. The number of rotatable bonds is 5. The van der Waals surface area contributed by atoms with Gasteiger partial charge >= 0.3 is 0 Å². The van der Waals surface area contributed by atoms with Gasteiger partial charge in [0.1, 0.15) is 10.8 Å². The lowest BCUT2D eigenvalue weighted by Gasteiger charge is -2.09. The molecule has 0 unspecified atom stereocenters. The lowest BCUT2D eigenvalue weighted by molar-refractivity contribution is 0.393. The van der Waals surface area contributed by atoms with Gasteiger partial charge in [0, 0.05) is 23.9 Å². The van der Waals surface area contributed by atoms with Gasteiger partial charge in [0.05, 0.1) is 7.11 Å². The largest absolute Gasteiger partial charge is 0.481 e. The minimum atomic E-state index is 0.594. The first kappa shape index (κ1) is 12.2. The average Bonchev–Trinajstić information content (AvgIpc) is 3.20. The van der Waals surface area contributed by atoms with Gasteiger partial charge in [-0.15, -0.1) is 0 Å². The van der Waals surface area contributed by atoms with Gasteiger partial charge in [-0.25, -0.2) is 4.98 Å². The second-order valence-corrected chi connectivity index (χ2v) is 5.38. The fraction of sp³-hybridized carbons (Fsp3) is 0.385. The molecule has 0 radical (unpaired) electrons. The molecule has 0 saturated heterocycles. The van der Waals surface area contributed by atoms with Crippen molar-refractivity contribution in [2.45, 2.75) is 25.3 Å². The maximum absolute atomic E-state index is 5.93. The van der Waals surface area contributed by atoms with Crippen LogP contribution in [0.3, 0.4) is 0 Å². The number of pyridine rings is 1. The molecule has 19 heavy (non-hydrogen) atoms. The molecule has 2 heterocycles. The lowest BCUT2D eigenvalue weighted by Crippen LogP contribution is -2.03. The first-order chi connectivity index (χ1) is 9.29. The number of anilines is 2. The number of aromatic nitrogens is 2. The van der Waals surface area contributed by atoms with E-state index >= 15 is 0 Å². The van der Waals surface area contributed by atoms with Crippen LogP contribution >= 0.6 is 11.5 Å². The summed E-state index contributed by atoms with van der Waals surface area (Å²) < 4.78 is 9.48. The van der Waals surface area contributed by atoms with E-state index in [2.05, 4.69) is 14.7 Å². The summed E-state index contributed by atoms with van der Waals surface area (Å²) in [4.78, 5) is 4.19. The van der Waals surface area contributed by atoms with Gasteiger partial charge in [-0.1, -0.05) is 6.07 Å². The predicted molar refractivity (Wildman–Crippen MR) is 76.6 cm³/mol. The third-order valence-corrected chi connectivity index (χ3v) is 4.06. The van der Waals surface area contributed by atoms with Crippen LogP contribution in [0.5, 0.6) is 5.88 Å². The maximum Gasteiger partial charge on any atom is 0.218 e. The molecule has 0 bridgehead atoms. The van der Waals surface area contributed by atoms with Crippen molar-refractivity contribution in [1.82, 2.24) is 9.36 Å². The van der Waals surface area contributed by atoms with E-state index in [1.165, 1.54) is 29.9 Å². The Morgan fingerprint density at radius 1 is 1.53 bits per heavy atom. The maximum atomic E-state index is 5.93. The standard InChI is InChI=1S/C13H16N4OS/c1-18-12-9(3-2-6-15-12)7-16-13-10(8-4-5-8)11(14)17-19-13/h2-3,6,8,16H,4-5,7H2,1H3,(H2,14,17). The molecule has 100 valence electrons. The summed E-state index contributed by atoms with van der Waals surface area (Å²) in [5.41, 5.74) is 8.14. The summed E-state index contributed by atoms with van der Waals surface area (Å²) in [6, 6.07) is 3.91. The van der Waals surface area contributed by atoms with Crippen molar-refractivity contribution in [1.29, 1.82) is 0 Å². The second-order valence-electron chi connectivity index (χ2n) is 4.61. The third kappa shape index (κ3) is 2.49. The fourth-order valence-electron chi connectivity index (χ4n) is 2.12. The average molecular weight is 276 g/mol. The summed E-state index contributed by atoms with van der Waals surface area (Å²) in [7, 11) is 1.63. The fourth-order valence-corrected chi connectivity index (χ4v) is 2.92. The van der Waals surface area contributed by atoms with Gasteiger partial charge < -0.3 is 15.8 Å². The van der Waals surface area contributed by atoms with Gasteiger partial charge in [0.15, 0.2) is 0 Å². The highest BCUT2D eigenvalue weighted by Gasteiger charge is 2.30. The molecule has 0 aliphatic heterocycles. The van der Waals surface area contributed by atoms with Crippen molar-refractivity contribution < 1.29 is 4.74 Å². The number of hydrogen-bond acceptors (Lipinski definition) is 6. The highest BCUT2D eigenvalue weighted by Crippen LogP contribution is 2.47. The Hall–Kier alpha value is -1.82. The highest BCUT2D eigenvalue weighted by atomic mass is 32.1. The van der Waals surface area contributed by atoms with Crippen molar-refractivity contribution in [3.05, 3.63) is 29.5 Å². The molecule has 3 rings (SSSR count). The van der Waals surface area contributed by atoms with Crippen molar-refractivity contribution in [3.63, 3.8) is 0 Å². The topological polar surface area (TPSA) is 73.1 Å². The van der Waals surface area contributed by atoms with Crippen LogP contribution in [0.2, 0.25) is 0 Å². The van der Waals surface area contributed by atoms with Crippen LogP contribution in [-0.4, -0.2) is 16.5 Å². The van der Waals surface area contributed by atoms with Gasteiger partial charge in [-0.3, -0.25) is 0 Å². The molecular formula is C13H16N4OS. The zero-order chi connectivity index (χ0) is 13.2. The normalized spacial score (nSPS) is 14.4. The molecule has 1 saturated carbocycles. The number of ether oxygens (including phenoxy) is 1. The van der Waals surface area contributed by atoms with E-state index in [1.54, 1.807) is 13.3 Å². The molecule has 1 fully saturated rings. The Labute approximate surface area is 116 Å². The van der Waals surface area contributed by atoms with Crippen LogP contribution < -0.4 is 15.8 Å². The first-order valence-corrected chi connectivity index (χ1v) is 7.03. The number of hydrogen-bond donors (Lipinski definition) is 2. The third-order valence-electron chi connectivity index (χ3n) is 3.22. The van der Waals surface area contributed by atoms with Crippen LogP contribution in [0, 0.1) is 0 Å². The van der Waals surface area contributed by atoms with E-state index in [-0.39, 0.29) is 0 Å². The van der Waals surface area contributed by atoms with Crippen LogP contribution in [0.25, 0.3) is 0 Å². The van der Waals surface area contributed by atoms with Crippen molar-refractivity contribution in [3.8, 4) is 5.88 Å². The summed E-state index contributed by atoms with van der Waals surface area (Å²) in [6.07, 6.45) is 4.16. The number of nitrogen functional groups attached to an aromatic ring is 1. The van der Waals surface area contributed by atoms with E-state index in [0.29, 0.717) is 24.2 Å². The lowest BCUT2D eigenvalue weighted by atomic mass is 10.2. The van der Waals surface area contributed by atoms with Gasteiger partial charge in [0.25, 0.3) is 0 Å². The first-order valence-electron chi connectivity index (χ1n) is 6.26. The Bertz CT molecular complexity index is 580. The molecule has 1 aliphatic carbocycles. The Morgan fingerprint density at radius 2 is 2.37 bits per heavy atom. The number of nitrogens with two attached hydrogens (primary N) is 1. The number of nitrogens with zero attached hydrogens (tertiary/aromatic N) is 2. The smallest absolute Gasteiger partial charge is 0.218 e. The molecule has 1 aliphatic rings. The minimum absolute atomic E-state index is 0.594. The van der Waals surface area contributed by atoms with Crippen LogP contribution in [0.15, 0.2) is 18.3 Å². The minimum Gasteiger partial charge on any atom is -0.481 e. The van der Waals surface area contributed by atoms with Gasteiger partial charge in [-0.2, -0.15) is 4.37 Å². The highest BCUT2D eigenvalue weighted by molar-refractivity contribution is 7.10. The Kier molecular flexibility index (Phi) is 3.25. The number of methoxy groups -OCH3 is 1. The van der Waals surface area contributed by atoms with E-state index in [0.717, 1.165) is 10.6 Å². The van der Waals surface area contributed by atoms with Gasteiger partial charge in [-0.05, 0) is 36.4 Å². The quantitative estimate of drug-likeness (QED) is 0.878. The van der Waals surface area contributed by atoms with E-state index in [1.807, 2.05) is 12.1 Å². The monoisotopic (exact) mass is 276 g/mol. The van der Waals surface area contributed by atoms with E-state index < -0.39 is 0 Å². The zero-order valence-corrected chi connectivity index (χ0v) is 11.5. The summed E-state index contributed by atoms with van der Waals surface area (Å²) in [5, 5.41) is 4.48. The molecule has 0 amide bonds. The predicted octanol–water partition coefficient (Wildman–Crippen LogP) is 2.62. The Morgan fingerprint density at radius 3 is 3.11 bits per heavy atom. The molecule has 0 atom stereocenters. The van der Waals surface area contributed by atoms with E-state index in [4.69, 9.17) is 10.5 Å².